The summed E-state index contributed by atoms with van der Waals surface area (Å²) in [4.78, 5) is 2.32. The van der Waals surface area contributed by atoms with E-state index >= 15 is 0 Å². The molecular weight excluding hydrogens is 147 g/mol. The molecule has 3 heteroatoms. The Labute approximate surface area is 77.9 Å². The Morgan fingerprint density at radius 1 is 1.17 bits per heavy atom. The summed E-state index contributed by atoms with van der Waals surface area (Å²) in [5, 5.41) is 0. The molecule has 0 aromatic heterocycles. The van der Waals surface area contributed by atoms with Gasteiger partial charge in [0.15, 0.2) is 0 Å². The lowest BCUT2D eigenvalue weighted by molar-refractivity contribution is 0.0545. The molecule has 2 nitrogen and oxygen atoms in total. The number of nitrogens with zero attached hydrogens (tertiary/aromatic N) is 1. The summed E-state index contributed by atoms with van der Waals surface area (Å²) < 4.78 is 0. The third-order valence-corrected chi connectivity index (χ3v) is 2.99. The minimum absolute atomic E-state index is 0.0538. The fourth-order valence-corrected chi connectivity index (χ4v) is 1.17. The summed E-state index contributed by atoms with van der Waals surface area (Å²) in [5.41, 5.74) is 6.16. The fraction of sp³-hybridized carbons (Fsp3) is 1.00. The van der Waals surface area contributed by atoms with Crippen molar-refractivity contribution in [2.75, 3.05) is 7.05 Å². The Hall–Kier alpha value is -0.0151. The lowest BCUT2D eigenvalue weighted by Gasteiger charge is -2.47. The van der Waals surface area contributed by atoms with Crippen molar-refractivity contribution in [2.45, 2.75) is 51.6 Å². The molecule has 0 aliphatic carbocycles. The molecule has 0 aromatic carbocycles. The molecule has 0 radical (unpaired) electrons. The van der Waals surface area contributed by atoms with E-state index < -0.39 is 0 Å². The maximum Gasteiger partial charge on any atom is 0.125 e. The zero-order valence-corrected chi connectivity index (χ0v) is 9.60. The summed E-state index contributed by atoms with van der Waals surface area (Å²) in [6, 6.07) is 0. The average Bonchev–Trinajstić information content (AvgIpc) is 1.83. The second kappa shape index (κ2) is 3.39. The van der Waals surface area contributed by atoms with Gasteiger partial charge in [-0.2, -0.15) is 0 Å². The second-order valence-electron chi connectivity index (χ2n) is 5.17. The van der Waals surface area contributed by atoms with E-state index in [4.69, 9.17) is 5.73 Å². The third-order valence-electron chi connectivity index (χ3n) is 2.99. The molecule has 0 aromatic rings. The van der Waals surface area contributed by atoms with Gasteiger partial charge < -0.3 is 5.73 Å². The largest absolute Gasteiger partial charge is 0.334 e. The molecule has 12 heavy (non-hydrogen) atoms. The van der Waals surface area contributed by atoms with E-state index in [2.05, 4.69) is 54.4 Å². The van der Waals surface area contributed by atoms with Crippen LogP contribution >= 0.6 is 0 Å². The van der Waals surface area contributed by atoms with Crippen LogP contribution in [0.1, 0.15) is 34.6 Å². The zero-order valence-electron chi connectivity index (χ0n) is 9.60. The van der Waals surface area contributed by atoms with Gasteiger partial charge in [0.25, 0.3) is 0 Å². The van der Waals surface area contributed by atoms with Crippen LogP contribution in [0.4, 0.5) is 0 Å². The summed E-state index contributed by atoms with van der Waals surface area (Å²) in [6.07, 6.45) is 0. The predicted octanol–water partition coefficient (Wildman–Crippen LogP) is 0.413. The Kier molecular flexibility index (Phi) is 3.38. The average molecular weight is 170 g/mol. The van der Waals surface area contributed by atoms with Gasteiger partial charge in [-0.25, -0.2) is 0 Å². The lowest BCUT2D eigenvalue weighted by atomic mass is 9.78. The lowest BCUT2D eigenvalue weighted by Crippen LogP contribution is -2.60. The van der Waals surface area contributed by atoms with E-state index in [1.165, 1.54) is 0 Å². The molecule has 72 valence electrons. The van der Waals surface area contributed by atoms with Crippen molar-refractivity contribution in [3.8, 4) is 0 Å². The molecule has 0 fully saturated rings. The Balaban J connectivity index is 4.57. The Morgan fingerprint density at radius 2 is 1.50 bits per heavy atom. The van der Waals surface area contributed by atoms with Gasteiger partial charge in [0.1, 0.15) is 7.85 Å². The molecule has 0 saturated carbocycles. The van der Waals surface area contributed by atoms with Crippen LogP contribution in [0.25, 0.3) is 0 Å². The first-order chi connectivity index (χ1) is 5.10. The smallest absolute Gasteiger partial charge is 0.125 e. The van der Waals surface area contributed by atoms with Crippen molar-refractivity contribution in [3.05, 3.63) is 0 Å². The van der Waals surface area contributed by atoms with Gasteiger partial charge in [0, 0.05) is 11.1 Å². The topological polar surface area (TPSA) is 29.3 Å². The highest BCUT2D eigenvalue weighted by molar-refractivity contribution is 6.12. The van der Waals surface area contributed by atoms with Crippen molar-refractivity contribution in [1.29, 1.82) is 0 Å². The summed E-state index contributed by atoms with van der Waals surface area (Å²) in [6.45, 7) is 11.0. The van der Waals surface area contributed by atoms with Gasteiger partial charge in [-0.3, -0.25) is 4.90 Å². The molecule has 0 aliphatic heterocycles. The van der Waals surface area contributed by atoms with Crippen LogP contribution in [-0.4, -0.2) is 36.8 Å². The van der Waals surface area contributed by atoms with Crippen LogP contribution in [-0.2, 0) is 0 Å². The van der Waals surface area contributed by atoms with Crippen molar-refractivity contribution in [2.24, 2.45) is 5.73 Å². The van der Waals surface area contributed by atoms with E-state index in [-0.39, 0.29) is 17.0 Å². The number of likely N-dealkylation sites (N-methyl/N-ethyl adjacent to an activating group) is 1. The van der Waals surface area contributed by atoms with Crippen molar-refractivity contribution >= 4 is 7.85 Å². The molecule has 2 N–H and O–H groups in total. The maximum absolute atomic E-state index is 5.93. The van der Waals surface area contributed by atoms with Gasteiger partial charge in [-0.05, 0) is 47.6 Å². The monoisotopic (exact) mass is 170 g/mol. The van der Waals surface area contributed by atoms with Crippen LogP contribution < -0.4 is 5.73 Å². The van der Waals surface area contributed by atoms with E-state index in [9.17, 15) is 0 Å². The van der Waals surface area contributed by atoms with Crippen molar-refractivity contribution in [3.63, 3.8) is 0 Å². The van der Waals surface area contributed by atoms with Gasteiger partial charge in [0.05, 0.1) is 0 Å². The number of nitrogens with two attached hydrogens (primary N) is 1. The van der Waals surface area contributed by atoms with Gasteiger partial charge in [0.2, 0.25) is 0 Å². The van der Waals surface area contributed by atoms with Crippen molar-refractivity contribution in [1.82, 2.24) is 4.90 Å². The normalized spacial score (nSPS) is 16.7. The summed E-state index contributed by atoms with van der Waals surface area (Å²) in [5.74, 6) is 0.182. The molecule has 0 saturated heterocycles. The molecule has 0 heterocycles. The third kappa shape index (κ3) is 2.49. The predicted molar refractivity (Wildman–Crippen MR) is 58.1 cm³/mol. The number of hydrogen-bond acceptors (Lipinski definition) is 2. The molecular formula is C9H23BN2. The molecule has 0 amide bonds. The van der Waals surface area contributed by atoms with Gasteiger partial charge in [-0.15, -0.1) is 0 Å². The Morgan fingerprint density at radius 3 is 1.58 bits per heavy atom. The second-order valence-corrected chi connectivity index (χ2v) is 5.17. The minimum Gasteiger partial charge on any atom is -0.334 e. The molecule has 0 rings (SSSR count). The number of hydrogen-bond donors (Lipinski definition) is 1. The quantitative estimate of drug-likeness (QED) is 0.608. The van der Waals surface area contributed by atoms with Crippen LogP contribution in [0.5, 0.6) is 0 Å². The molecule has 1 atom stereocenters. The zero-order chi connectivity index (χ0) is 10.2. The molecule has 1 unspecified atom stereocenters. The molecule has 0 spiro atoms. The SMILES string of the molecule is BC(N)C(C)(C)N(C)C(C)(C)C. The first-order valence-electron chi connectivity index (χ1n) is 4.59. The fourth-order valence-electron chi connectivity index (χ4n) is 1.17. The first-order valence-corrected chi connectivity index (χ1v) is 4.59. The highest BCUT2D eigenvalue weighted by Gasteiger charge is 2.34. The van der Waals surface area contributed by atoms with E-state index in [1.807, 2.05) is 0 Å². The van der Waals surface area contributed by atoms with Crippen LogP contribution in [0.3, 0.4) is 0 Å². The highest BCUT2D eigenvalue weighted by Crippen LogP contribution is 2.23. The van der Waals surface area contributed by atoms with Crippen LogP contribution in [0.15, 0.2) is 0 Å². The van der Waals surface area contributed by atoms with E-state index in [0.717, 1.165) is 0 Å². The maximum atomic E-state index is 5.93. The van der Waals surface area contributed by atoms with Crippen molar-refractivity contribution < 1.29 is 0 Å². The van der Waals surface area contributed by atoms with E-state index in [1.54, 1.807) is 0 Å². The van der Waals surface area contributed by atoms with E-state index in [0.29, 0.717) is 0 Å². The highest BCUT2D eigenvalue weighted by atomic mass is 15.2. The molecule has 0 aliphatic rings. The Bertz CT molecular complexity index is 147. The first kappa shape index (κ1) is 12.0. The standard InChI is InChI=1S/C9H23BN2/c1-8(2,3)12(6)9(4,5)7(10)11/h7H,10-11H2,1-6H3. The number of rotatable bonds is 2. The van der Waals surface area contributed by atoms with Gasteiger partial charge >= 0.3 is 0 Å². The summed E-state index contributed by atoms with van der Waals surface area (Å²) in [7, 11) is 4.19. The van der Waals surface area contributed by atoms with Gasteiger partial charge in [-0.1, -0.05) is 0 Å². The minimum atomic E-state index is 0.0538. The molecule has 0 bridgehead atoms. The van der Waals surface area contributed by atoms with Crippen LogP contribution in [0.2, 0.25) is 0 Å². The van der Waals surface area contributed by atoms with Crippen LogP contribution in [0, 0.1) is 0 Å². The summed E-state index contributed by atoms with van der Waals surface area (Å²) >= 11 is 0.